The molecule has 0 amide bonds. The van der Waals surface area contributed by atoms with Crippen molar-refractivity contribution in [3.63, 3.8) is 0 Å². The molecule has 0 radical (unpaired) electrons. The molecule has 1 aromatic heterocycles. The number of morpholine rings is 1. The monoisotopic (exact) mass is 290 g/mol. The van der Waals surface area contributed by atoms with E-state index in [2.05, 4.69) is 4.72 Å². The van der Waals surface area contributed by atoms with Crippen LogP contribution in [0.1, 0.15) is 11.8 Å². The van der Waals surface area contributed by atoms with Crippen LogP contribution >= 0.6 is 11.3 Å². The summed E-state index contributed by atoms with van der Waals surface area (Å²) in [7, 11) is -3.38. The highest BCUT2D eigenvalue weighted by atomic mass is 32.2. The standard InChI is InChI=1S/C11H18N2O3S2/c1-10(9-11-3-2-8-17-11)12-18(14,15)13-4-6-16-7-5-13/h2-3,8,10,12H,4-7,9H2,1H3. The maximum Gasteiger partial charge on any atom is 0.279 e. The van der Waals surface area contributed by atoms with E-state index in [1.807, 2.05) is 24.4 Å². The molecule has 0 bridgehead atoms. The number of rotatable bonds is 5. The number of ether oxygens (including phenoxy) is 1. The third kappa shape index (κ3) is 3.76. The average molecular weight is 290 g/mol. The Hall–Kier alpha value is -0.470. The van der Waals surface area contributed by atoms with Gasteiger partial charge in [-0.2, -0.15) is 17.4 Å². The molecule has 1 aliphatic rings. The van der Waals surface area contributed by atoms with Crippen LogP contribution in [-0.4, -0.2) is 45.1 Å². The highest BCUT2D eigenvalue weighted by Crippen LogP contribution is 2.12. The largest absolute Gasteiger partial charge is 0.379 e. The van der Waals surface area contributed by atoms with Crippen LogP contribution in [-0.2, 0) is 21.4 Å². The summed E-state index contributed by atoms with van der Waals surface area (Å²) in [6.45, 7) is 3.69. The lowest BCUT2D eigenvalue weighted by Crippen LogP contribution is -2.49. The van der Waals surface area contributed by atoms with E-state index in [0.717, 1.165) is 6.42 Å². The second kappa shape index (κ2) is 6.12. The molecule has 102 valence electrons. The van der Waals surface area contributed by atoms with E-state index in [1.165, 1.54) is 9.18 Å². The summed E-state index contributed by atoms with van der Waals surface area (Å²) < 4.78 is 33.5. The first-order chi connectivity index (χ1) is 8.58. The van der Waals surface area contributed by atoms with E-state index in [1.54, 1.807) is 11.3 Å². The van der Waals surface area contributed by atoms with Gasteiger partial charge in [-0.15, -0.1) is 11.3 Å². The molecule has 1 saturated heterocycles. The smallest absolute Gasteiger partial charge is 0.279 e. The van der Waals surface area contributed by atoms with Crippen molar-refractivity contribution in [3.8, 4) is 0 Å². The molecular weight excluding hydrogens is 272 g/mol. The van der Waals surface area contributed by atoms with Gasteiger partial charge in [0.1, 0.15) is 0 Å². The molecule has 18 heavy (non-hydrogen) atoms. The van der Waals surface area contributed by atoms with Gasteiger partial charge in [0.25, 0.3) is 10.2 Å². The van der Waals surface area contributed by atoms with Crippen molar-refractivity contribution in [2.45, 2.75) is 19.4 Å². The molecule has 0 aromatic carbocycles. The Morgan fingerprint density at radius 1 is 1.50 bits per heavy atom. The van der Waals surface area contributed by atoms with E-state index in [0.29, 0.717) is 26.3 Å². The van der Waals surface area contributed by atoms with E-state index in [9.17, 15) is 8.42 Å². The van der Waals surface area contributed by atoms with Crippen molar-refractivity contribution in [3.05, 3.63) is 22.4 Å². The summed E-state index contributed by atoms with van der Waals surface area (Å²) in [5.74, 6) is 0. The Balaban J connectivity index is 1.90. The average Bonchev–Trinajstić information content (AvgIpc) is 2.82. The van der Waals surface area contributed by atoms with Crippen LogP contribution in [0.15, 0.2) is 17.5 Å². The zero-order valence-corrected chi connectivity index (χ0v) is 12.0. The first-order valence-electron chi connectivity index (χ1n) is 5.95. The van der Waals surface area contributed by atoms with E-state index >= 15 is 0 Å². The van der Waals surface area contributed by atoms with Crippen molar-refractivity contribution in [1.82, 2.24) is 9.03 Å². The topological polar surface area (TPSA) is 58.6 Å². The Morgan fingerprint density at radius 3 is 2.83 bits per heavy atom. The third-order valence-electron chi connectivity index (χ3n) is 2.75. The van der Waals surface area contributed by atoms with Gasteiger partial charge in [0, 0.05) is 24.0 Å². The fraction of sp³-hybridized carbons (Fsp3) is 0.636. The normalized spacial score (nSPS) is 19.8. The Labute approximate surface area is 112 Å². The quantitative estimate of drug-likeness (QED) is 0.874. The third-order valence-corrected chi connectivity index (χ3v) is 5.39. The van der Waals surface area contributed by atoms with Crippen LogP contribution in [0.4, 0.5) is 0 Å². The van der Waals surface area contributed by atoms with Crippen LogP contribution in [0, 0.1) is 0 Å². The fourth-order valence-corrected chi connectivity index (χ4v) is 4.09. The summed E-state index contributed by atoms with van der Waals surface area (Å²) in [6, 6.07) is 3.89. The van der Waals surface area contributed by atoms with Gasteiger partial charge in [0.2, 0.25) is 0 Å². The molecule has 1 N–H and O–H groups in total. The highest BCUT2D eigenvalue weighted by molar-refractivity contribution is 7.87. The Kier molecular flexibility index (Phi) is 4.74. The van der Waals surface area contributed by atoms with Gasteiger partial charge in [-0.25, -0.2) is 0 Å². The van der Waals surface area contributed by atoms with Crippen molar-refractivity contribution < 1.29 is 13.2 Å². The number of thiophene rings is 1. The number of nitrogens with one attached hydrogen (secondary N) is 1. The van der Waals surface area contributed by atoms with Crippen LogP contribution in [0.2, 0.25) is 0 Å². The molecular formula is C11H18N2O3S2. The van der Waals surface area contributed by atoms with Gasteiger partial charge >= 0.3 is 0 Å². The molecule has 1 aliphatic heterocycles. The molecule has 0 spiro atoms. The number of nitrogens with zero attached hydrogens (tertiary/aromatic N) is 1. The summed E-state index contributed by atoms with van der Waals surface area (Å²) >= 11 is 1.64. The molecule has 2 heterocycles. The van der Waals surface area contributed by atoms with E-state index in [-0.39, 0.29) is 6.04 Å². The maximum atomic E-state index is 12.1. The molecule has 1 unspecified atom stereocenters. The predicted octanol–water partition coefficient (Wildman–Crippen LogP) is 0.846. The van der Waals surface area contributed by atoms with Gasteiger partial charge in [0.05, 0.1) is 13.2 Å². The Morgan fingerprint density at radius 2 is 2.22 bits per heavy atom. The second-order valence-electron chi connectivity index (χ2n) is 4.32. The van der Waals surface area contributed by atoms with Crippen LogP contribution in [0.25, 0.3) is 0 Å². The van der Waals surface area contributed by atoms with Crippen LogP contribution in [0.5, 0.6) is 0 Å². The van der Waals surface area contributed by atoms with Crippen LogP contribution < -0.4 is 4.72 Å². The predicted molar refractivity (Wildman–Crippen MR) is 71.9 cm³/mol. The molecule has 5 nitrogen and oxygen atoms in total. The second-order valence-corrected chi connectivity index (χ2v) is 7.05. The molecule has 1 aromatic rings. The van der Waals surface area contributed by atoms with Gasteiger partial charge in [-0.1, -0.05) is 6.07 Å². The summed E-state index contributed by atoms with van der Waals surface area (Å²) in [4.78, 5) is 1.19. The van der Waals surface area contributed by atoms with E-state index < -0.39 is 10.2 Å². The highest BCUT2D eigenvalue weighted by Gasteiger charge is 2.25. The maximum absolute atomic E-state index is 12.1. The molecule has 7 heteroatoms. The summed E-state index contributed by atoms with van der Waals surface area (Å²) in [5.41, 5.74) is 0. The lowest BCUT2D eigenvalue weighted by Gasteiger charge is -2.27. The molecule has 2 rings (SSSR count). The minimum absolute atomic E-state index is 0.100. The van der Waals surface area contributed by atoms with Crippen molar-refractivity contribution >= 4 is 21.5 Å². The first kappa shape index (κ1) is 14.0. The molecule has 0 saturated carbocycles. The zero-order chi connectivity index (χ0) is 13.0. The van der Waals surface area contributed by atoms with Gasteiger partial charge < -0.3 is 4.74 Å². The number of hydrogen-bond donors (Lipinski definition) is 1. The van der Waals surface area contributed by atoms with Crippen molar-refractivity contribution in [2.75, 3.05) is 26.3 Å². The van der Waals surface area contributed by atoms with Gasteiger partial charge in [-0.05, 0) is 24.8 Å². The fourth-order valence-electron chi connectivity index (χ4n) is 1.89. The van der Waals surface area contributed by atoms with Crippen molar-refractivity contribution in [2.24, 2.45) is 0 Å². The van der Waals surface area contributed by atoms with E-state index in [4.69, 9.17) is 4.74 Å². The zero-order valence-electron chi connectivity index (χ0n) is 10.3. The number of hydrogen-bond acceptors (Lipinski definition) is 4. The minimum atomic E-state index is -3.38. The lowest BCUT2D eigenvalue weighted by atomic mass is 10.2. The molecule has 1 atom stereocenters. The Bertz CT molecular complexity index is 453. The molecule has 0 aliphatic carbocycles. The van der Waals surface area contributed by atoms with Gasteiger partial charge in [-0.3, -0.25) is 0 Å². The molecule has 1 fully saturated rings. The summed E-state index contributed by atoms with van der Waals surface area (Å²) in [5, 5.41) is 2.00. The van der Waals surface area contributed by atoms with Crippen LogP contribution in [0.3, 0.4) is 0 Å². The lowest BCUT2D eigenvalue weighted by molar-refractivity contribution is 0.0723. The first-order valence-corrected chi connectivity index (χ1v) is 8.27. The van der Waals surface area contributed by atoms with Crippen molar-refractivity contribution in [1.29, 1.82) is 0 Å². The SMILES string of the molecule is CC(Cc1cccs1)NS(=O)(=O)N1CCOCC1. The summed E-state index contributed by atoms with van der Waals surface area (Å²) in [6.07, 6.45) is 0.723. The minimum Gasteiger partial charge on any atom is -0.379 e. The van der Waals surface area contributed by atoms with Gasteiger partial charge in [0.15, 0.2) is 0 Å².